The van der Waals surface area contributed by atoms with Gasteiger partial charge in [-0.05, 0) is 24.3 Å². The minimum absolute atomic E-state index is 0. The van der Waals surface area contributed by atoms with Crippen molar-refractivity contribution in [2.75, 3.05) is 6.54 Å². The van der Waals surface area contributed by atoms with Crippen molar-refractivity contribution in [3.63, 3.8) is 0 Å². The molecule has 0 saturated heterocycles. The number of rotatable bonds is 6. The average molecular weight is 434 g/mol. The Morgan fingerprint density at radius 3 is 2.82 bits per heavy atom. The molecule has 0 aliphatic carbocycles. The first-order valence-corrected chi connectivity index (χ1v) is 8.07. The molecular formula is C15H23IN4OS. The van der Waals surface area contributed by atoms with Gasteiger partial charge < -0.3 is 15.2 Å². The van der Waals surface area contributed by atoms with Crippen LogP contribution in [-0.4, -0.2) is 17.7 Å². The summed E-state index contributed by atoms with van der Waals surface area (Å²) in [6, 6.07) is 6.12. The van der Waals surface area contributed by atoms with Gasteiger partial charge in [0.25, 0.3) is 0 Å². The number of halogens is 1. The van der Waals surface area contributed by atoms with E-state index in [1.165, 1.54) is 4.88 Å². The molecule has 0 atom stereocenters. The van der Waals surface area contributed by atoms with E-state index in [4.69, 9.17) is 4.52 Å². The second kappa shape index (κ2) is 9.83. The Morgan fingerprint density at radius 1 is 1.41 bits per heavy atom. The Morgan fingerprint density at radius 2 is 2.23 bits per heavy atom. The first-order valence-electron chi connectivity index (χ1n) is 7.19. The molecule has 0 spiro atoms. The molecule has 122 valence electrons. The summed E-state index contributed by atoms with van der Waals surface area (Å²) in [5.41, 5.74) is 0.969. The summed E-state index contributed by atoms with van der Waals surface area (Å²) >= 11 is 1.73. The molecule has 5 nitrogen and oxygen atoms in total. The van der Waals surface area contributed by atoms with Crippen LogP contribution in [0, 0.1) is 0 Å². The molecule has 7 heteroatoms. The van der Waals surface area contributed by atoms with Gasteiger partial charge in [0.05, 0.1) is 12.2 Å². The van der Waals surface area contributed by atoms with Crippen molar-refractivity contribution in [1.29, 1.82) is 0 Å². The van der Waals surface area contributed by atoms with Crippen LogP contribution in [0.5, 0.6) is 0 Å². The molecule has 0 saturated carbocycles. The number of hydrogen-bond donors (Lipinski definition) is 2. The molecule has 0 amide bonds. The maximum Gasteiger partial charge on any atom is 0.191 e. The molecule has 2 rings (SSSR count). The van der Waals surface area contributed by atoms with E-state index in [-0.39, 0.29) is 24.0 Å². The fourth-order valence-corrected chi connectivity index (χ4v) is 2.40. The molecule has 0 aliphatic rings. The highest BCUT2D eigenvalue weighted by Crippen LogP contribution is 2.14. The summed E-state index contributed by atoms with van der Waals surface area (Å²) in [7, 11) is 0. The Hall–Kier alpha value is -1.09. The van der Waals surface area contributed by atoms with E-state index >= 15 is 0 Å². The zero-order chi connectivity index (χ0) is 15.1. The van der Waals surface area contributed by atoms with Gasteiger partial charge >= 0.3 is 0 Å². The van der Waals surface area contributed by atoms with Crippen molar-refractivity contribution in [3.05, 3.63) is 39.9 Å². The molecule has 0 unspecified atom stereocenters. The van der Waals surface area contributed by atoms with Crippen LogP contribution >= 0.6 is 35.3 Å². The van der Waals surface area contributed by atoms with Crippen LogP contribution in [0.3, 0.4) is 0 Å². The van der Waals surface area contributed by atoms with Crippen LogP contribution in [0.25, 0.3) is 0 Å². The SMILES string of the molecule is CCNC(=NCc1cc(C(C)C)no1)NCc1cccs1.I. The quantitative estimate of drug-likeness (QED) is 0.413. The normalized spacial score (nSPS) is 11.4. The number of aliphatic imine (C=N–C) groups is 1. The Kier molecular flexibility index (Phi) is 8.47. The molecular weight excluding hydrogens is 411 g/mol. The molecule has 2 heterocycles. The summed E-state index contributed by atoms with van der Waals surface area (Å²) in [4.78, 5) is 5.80. The minimum atomic E-state index is 0. The summed E-state index contributed by atoms with van der Waals surface area (Å²) in [6.07, 6.45) is 0. The smallest absolute Gasteiger partial charge is 0.191 e. The van der Waals surface area contributed by atoms with E-state index in [9.17, 15) is 0 Å². The van der Waals surface area contributed by atoms with Gasteiger partial charge in [-0.25, -0.2) is 4.99 Å². The van der Waals surface area contributed by atoms with Crippen LogP contribution in [0.15, 0.2) is 33.1 Å². The fourth-order valence-electron chi connectivity index (χ4n) is 1.76. The second-order valence-electron chi connectivity index (χ2n) is 5.00. The largest absolute Gasteiger partial charge is 0.359 e. The number of hydrogen-bond acceptors (Lipinski definition) is 4. The summed E-state index contributed by atoms with van der Waals surface area (Å²) in [5, 5.41) is 12.7. The summed E-state index contributed by atoms with van der Waals surface area (Å²) in [5.74, 6) is 1.94. The lowest BCUT2D eigenvalue weighted by atomic mass is 10.1. The zero-order valence-electron chi connectivity index (χ0n) is 13.1. The molecule has 22 heavy (non-hydrogen) atoms. The van der Waals surface area contributed by atoms with Gasteiger partial charge in [-0.2, -0.15) is 0 Å². The molecule has 0 fully saturated rings. The average Bonchev–Trinajstić information content (AvgIpc) is 3.13. The van der Waals surface area contributed by atoms with Gasteiger partial charge in [-0.3, -0.25) is 0 Å². The predicted molar refractivity (Wildman–Crippen MR) is 102 cm³/mol. The lowest BCUT2D eigenvalue weighted by molar-refractivity contribution is 0.376. The first-order chi connectivity index (χ1) is 10.2. The fraction of sp³-hybridized carbons (Fsp3) is 0.467. The number of aromatic nitrogens is 1. The molecule has 2 N–H and O–H groups in total. The van der Waals surface area contributed by atoms with Gasteiger partial charge in [0.2, 0.25) is 0 Å². The molecule has 0 bridgehead atoms. The van der Waals surface area contributed by atoms with Gasteiger partial charge in [0.15, 0.2) is 11.7 Å². The Labute approximate surface area is 152 Å². The van der Waals surface area contributed by atoms with Crippen LogP contribution in [0.4, 0.5) is 0 Å². The standard InChI is InChI=1S/C15H22N4OS.HI/c1-4-16-15(18-10-13-6-5-7-21-13)17-9-12-8-14(11(2)3)19-20-12;/h5-8,11H,4,9-10H2,1-3H3,(H2,16,17,18);1H. The van der Waals surface area contributed by atoms with Gasteiger partial charge in [-0.1, -0.05) is 25.1 Å². The third-order valence-electron chi connectivity index (χ3n) is 2.92. The number of guanidine groups is 1. The van der Waals surface area contributed by atoms with Crippen molar-refractivity contribution in [1.82, 2.24) is 15.8 Å². The summed E-state index contributed by atoms with van der Waals surface area (Å²) in [6.45, 7) is 8.32. The Balaban J connectivity index is 0.00000242. The highest BCUT2D eigenvalue weighted by atomic mass is 127. The second-order valence-corrected chi connectivity index (χ2v) is 6.03. The van der Waals surface area contributed by atoms with Crippen molar-refractivity contribution in [2.24, 2.45) is 4.99 Å². The molecule has 2 aromatic heterocycles. The third-order valence-corrected chi connectivity index (χ3v) is 3.79. The molecule has 0 aliphatic heterocycles. The van der Waals surface area contributed by atoms with Gasteiger partial charge in [0, 0.05) is 17.5 Å². The van der Waals surface area contributed by atoms with Crippen LogP contribution in [0.2, 0.25) is 0 Å². The highest BCUT2D eigenvalue weighted by Gasteiger charge is 2.07. The number of nitrogens with one attached hydrogen (secondary N) is 2. The lowest BCUT2D eigenvalue weighted by Crippen LogP contribution is -2.36. The molecule has 0 radical (unpaired) electrons. The van der Waals surface area contributed by atoms with Crippen LogP contribution < -0.4 is 10.6 Å². The van der Waals surface area contributed by atoms with E-state index in [0.29, 0.717) is 12.5 Å². The van der Waals surface area contributed by atoms with E-state index in [1.54, 1.807) is 11.3 Å². The van der Waals surface area contributed by atoms with Crippen LogP contribution in [-0.2, 0) is 13.1 Å². The minimum Gasteiger partial charge on any atom is -0.359 e. The van der Waals surface area contributed by atoms with E-state index in [1.807, 2.05) is 19.1 Å². The molecule has 0 aromatic carbocycles. The van der Waals surface area contributed by atoms with Gasteiger partial charge in [0.1, 0.15) is 6.54 Å². The lowest BCUT2D eigenvalue weighted by Gasteiger charge is -2.09. The van der Waals surface area contributed by atoms with Crippen molar-refractivity contribution in [3.8, 4) is 0 Å². The Bertz CT molecular complexity index is 566. The maximum atomic E-state index is 5.29. The third kappa shape index (κ3) is 5.96. The van der Waals surface area contributed by atoms with Gasteiger partial charge in [-0.15, -0.1) is 35.3 Å². The zero-order valence-corrected chi connectivity index (χ0v) is 16.3. The monoisotopic (exact) mass is 434 g/mol. The van der Waals surface area contributed by atoms with Crippen molar-refractivity contribution in [2.45, 2.75) is 39.8 Å². The summed E-state index contributed by atoms with van der Waals surface area (Å²) < 4.78 is 5.29. The number of thiophene rings is 1. The highest BCUT2D eigenvalue weighted by molar-refractivity contribution is 14.0. The maximum absolute atomic E-state index is 5.29. The van der Waals surface area contributed by atoms with E-state index in [0.717, 1.165) is 30.5 Å². The van der Waals surface area contributed by atoms with E-state index < -0.39 is 0 Å². The molecule has 2 aromatic rings. The topological polar surface area (TPSA) is 62.5 Å². The van der Waals surface area contributed by atoms with Crippen LogP contribution in [0.1, 0.15) is 43.0 Å². The predicted octanol–water partition coefficient (Wildman–Crippen LogP) is 3.73. The van der Waals surface area contributed by atoms with E-state index in [2.05, 4.69) is 46.1 Å². The van der Waals surface area contributed by atoms with Crippen molar-refractivity contribution >= 4 is 41.3 Å². The van der Waals surface area contributed by atoms with Crippen molar-refractivity contribution < 1.29 is 4.52 Å². The first kappa shape index (κ1) is 19.0. The number of nitrogens with zero attached hydrogens (tertiary/aromatic N) is 2.